The van der Waals surface area contributed by atoms with E-state index in [4.69, 9.17) is 4.74 Å². The van der Waals surface area contributed by atoms with Crippen LogP contribution in [0.5, 0.6) is 11.5 Å². The number of hydrogen-bond acceptors (Lipinski definition) is 3. The highest BCUT2D eigenvalue weighted by atomic mass is 79.9. The summed E-state index contributed by atoms with van der Waals surface area (Å²) >= 11 is 6.64. The summed E-state index contributed by atoms with van der Waals surface area (Å²) in [6.07, 6.45) is 0. The number of benzene rings is 2. The van der Waals surface area contributed by atoms with E-state index in [0.717, 1.165) is 16.5 Å². The van der Waals surface area contributed by atoms with Crippen molar-refractivity contribution >= 4 is 37.5 Å². The quantitative estimate of drug-likeness (QED) is 0.394. The van der Waals surface area contributed by atoms with Crippen molar-refractivity contribution in [1.82, 2.24) is 0 Å². The lowest BCUT2D eigenvalue weighted by molar-refractivity contribution is -0.385. The van der Waals surface area contributed by atoms with Gasteiger partial charge in [0.1, 0.15) is 11.5 Å². The lowest BCUT2D eigenvalue weighted by Crippen LogP contribution is -1.92. The van der Waals surface area contributed by atoms with E-state index in [0.29, 0.717) is 16.0 Å². The third-order valence-electron chi connectivity index (χ3n) is 2.69. The Kier molecular flexibility index (Phi) is 4.77. The van der Waals surface area contributed by atoms with Crippen molar-refractivity contribution in [2.45, 2.75) is 12.3 Å². The topological polar surface area (TPSA) is 52.4 Å². The van der Waals surface area contributed by atoms with Crippen molar-refractivity contribution in [3.8, 4) is 11.5 Å². The monoisotopic (exact) mass is 399 g/mol. The highest BCUT2D eigenvalue weighted by molar-refractivity contribution is 9.10. The SMILES string of the molecule is Cc1cc(CBr)ccc1Oc1cc(Br)cc([N+](=O)[O-])c1. The number of non-ortho nitro benzene ring substituents is 1. The first-order valence-corrected chi connectivity index (χ1v) is 7.69. The van der Waals surface area contributed by atoms with Crippen LogP contribution in [0.1, 0.15) is 11.1 Å². The largest absolute Gasteiger partial charge is 0.457 e. The molecule has 0 radical (unpaired) electrons. The van der Waals surface area contributed by atoms with E-state index < -0.39 is 4.92 Å². The van der Waals surface area contributed by atoms with E-state index in [-0.39, 0.29) is 5.69 Å². The fraction of sp³-hybridized carbons (Fsp3) is 0.143. The van der Waals surface area contributed by atoms with Crippen LogP contribution in [0.4, 0.5) is 5.69 Å². The van der Waals surface area contributed by atoms with Gasteiger partial charge in [0.05, 0.1) is 11.0 Å². The van der Waals surface area contributed by atoms with Gasteiger partial charge in [0.2, 0.25) is 0 Å². The van der Waals surface area contributed by atoms with Crippen LogP contribution in [0.2, 0.25) is 0 Å². The minimum absolute atomic E-state index is 0.0101. The van der Waals surface area contributed by atoms with E-state index in [1.807, 2.05) is 25.1 Å². The van der Waals surface area contributed by atoms with Gasteiger partial charge in [-0.15, -0.1) is 0 Å². The van der Waals surface area contributed by atoms with Gasteiger partial charge in [0.15, 0.2) is 0 Å². The Bertz CT molecular complexity index is 659. The number of nitrogens with zero attached hydrogens (tertiary/aromatic N) is 1. The van der Waals surface area contributed by atoms with Gasteiger partial charge in [-0.25, -0.2) is 0 Å². The molecule has 2 rings (SSSR count). The Morgan fingerprint density at radius 2 is 2.00 bits per heavy atom. The molecule has 104 valence electrons. The molecule has 6 heteroatoms. The molecule has 0 aromatic heterocycles. The molecule has 4 nitrogen and oxygen atoms in total. The Hall–Kier alpha value is -1.40. The van der Waals surface area contributed by atoms with Crippen molar-refractivity contribution in [1.29, 1.82) is 0 Å². The fourth-order valence-electron chi connectivity index (χ4n) is 1.75. The molecule has 0 fully saturated rings. The minimum atomic E-state index is -0.446. The van der Waals surface area contributed by atoms with Crippen LogP contribution in [0.25, 0.3) is 0 Å². The molecular weight excluding hydrogens is 390 g/mol. The van der Waals surface area contributed by atoms with E-state index in [1.165, 1.54) is 12.1 Å². The predicted molar refractivity (Wildman–Crippen MR) is 84.7 cm³/mol. The molecule has 2 aromatic carbocycles. The first kappa shape index (κ1) is 15.0. The molecule has 20 heavy (non-hydrogen) atoms. The lowest BCUT2D eigenvalue weighted by atomic mass is 10.1. The van der Waals surface area contributed by atoms with Gasteiger partial charge in [-0.1, -0.05) is 44.0 Å². The number of alkyl halides is 1. The summed E-state index contributed by atoms with van der Waals surface area (Å²) in [4.78, 5) is 10.4. The van der Waals surface area contributed by atoms with Gasteiger partial charge in [-0.05, 0) is 30.2 Å². The molecule has 0 saturated heterocycles. The summed E-state index contributed by atoms with van der Waals surface area (Å²) in [5, 5.41) is 11.6. The van der Waals surface area contributed by atoms with Gasteiger partial charge in [0.25, 0.3) is 5.69 Å². The maximum Gasteiger partial charge on any atom is 0.274 e. The van der Waals surface area contributed by atoms with Crippen molar-refractivity contribution in [2.75, 3.05) is 0 Å². The van der Waals surface area contributed by atoms with E-state index in [1.54, 1.807) is 6.07 Å². The summed E-state index contributed by atoms with van der Waals surface area (Å²) in [6, 6.07) is 10.4. The molecule has 0 spiro atoms. The lowest BCUT2D eigenvalue weighted by Gasteiger charge is -2.10. The molecule has 0 saturated carbocycles. The zero-order valence-corrected chi connectivity index (χ0v) is 13.8. The number of halogens is 2. The maximum absolute atomic E-state index is 10.8. The third-order valence-corrected chi connectivity index (χ3v) is 3.79. The number of rotatable bonds is 4. The second-order valence-electron chi connectivity index (χ2n) is 4.24. The van der Waals surface area contributed by atoms with Crippen molar-refractivity contribution in [3.05, 3.63) is 62.1 Å². The molecule has 0 aliphatic heterocycles. The number of aryl methyl sites for hydroxylation is 1. The highest BCUT2D eigenvalue weighted by Crippen LogP contribution is 2.31. The molecular formula is C14H11Br2NO3. The number of nitro benzene ring substituents is 1. The highest BCUT2D eigenvalue weighted by Gasteiger charge is 2.11. The number of hydrogen-bond donors (Lipinski definition) is 0. The predicted octanol–water partition coefficient (Wildman–Crippen LogP) is 5.35. The van der Waals surface area contributed by atoms with Crippen molar-refractivity contribution < 1.29 is 9.66 Å². The number of nitro groups is 1. The second-order valence-corrected chi connectivity index (χ2v) is 5.71. The van der Waals surface area contributed by atoms with Crippen LogP contribution in [-0.2, 0) is 5.33 Å². The molecule has 0 unspecified atom stereocenters. The van der Waals surface area contributed by atoms with E-state index in [9.17, 15) is 10.1 Å². The Labute approximate surface area is 133 Å². The van der Waals surface area contributed by atoms with Crippen LogP contribution < -0.4 is 4.74 Å². The molecule has 0 N–H and O–H groups in total. The zero-order chi connectivity index (χ0) is 14.7. The second kappa shape index (κ2) is 6.37. The smallest absolute Gasteiger partial charge is 0.274 e. The van der Waals surface area contributed by atoms with E-state index in [2.05, 4.69) is 31.9 Å². The first-order valence-electron chi connectivity index (χ1n) is 5.78. The molecule has 2 aromatic rings. The summed E-state index contributed by atoms with van der Waals surface area (Å²) in [5.74, 6) is 1.11. The standard InChI is InChI=1S/C14H11Br2NO3/c1-9-4-10(8-15)2-3-14(9)20-13-6-11(16)5-12(7-13)17(18)19/h2-7H,8H2,1H3. The molecule has 0 aliphatic rings. The normalized spacial score (nSPS) is 10.3. The van der Waals surface area contributed by atoms with Crippen molar-refractivity contribution in [2.24, 2.45) is 0 Å². The number of ether oxygens (including phenoxy) is 1. The van der Waals surface area contributed by atoms with Crippen LogP contribution in [0.3, 0.4) is 0 Å². The molecule has 0 atom stereocenters. The van der Waals surface area contributed by atoms with Crippen LogP contribution in [0, 0.1) is 17.0 Å². The summed E-state index contributed by atoms with van der Waals surface area (Å²) in [6.45, 7) is 1.94. The van der Waals surface area contributed by atoms with Crippen LogP contribution >= 0.6 is 31.9 Å². The van der Waals surface area contributed by atoms with Gasteiger partial charge < -0.3 is 4.74 Å². The van der Waals surface area contributed by atoms with Gasteiger partial charge >= 0.3 is 0 Å². The average molecular weight is 401 g/mol. The Morgan fingerprint density at radius 3 is 2.60 bits per heavy atom. The van der Waals surface area contributed by atoms with Crippen molar-refractivity contribution in [3.63, 3.8) is 0 Å². The molecule has 0 heterocycles. The molecule has 0 amide bonds. The summed E-state index contributed by atoms with van der Waals surface area (Å²) in [7, 11) is 0. The van der Waals surface area contributed by atoms with Gasteiger partial charge in [-0.3, -0.25) is 10.1 Å². The van der Waals surface area contributed by atoms with Gasteiger partial charge in [0, 0.05) is 15.9 Å². The summed E-state index contributed by atoms with van der Waals surface area (Å²) in [5.41, 5.74) is 2.11. The molecule has 0 bridgehead atoms. The van der Waals surface area contributed by atoms with Gasteiger partial charge in [-0.2, -0.15) is 0 Å². The summed E-state index contributed by atoms with van der Waals surface area (Å²) < 4.78 is 6.34. The van der Waals surface area contributed by atoms with E-state index >= 15 is 0 Å². The minimum Gasteiger partial charge on any atom is -0.457 e. The average Bonchev–Trinajstić information content (AvgIpc) is 2.40. The maximum atomic E-state index is 10.8. The fourth-order valence-corrected chi connectivity index (χ4v) is 2.56. The Morgan fingerprint density at radius 1 is 1.25 bits per heavy atom. The Balaban J connectivity index is 2.32. The van der Waals surface area contributed by atoms with Crippen LogP contribution in [-0.4, -0.2) is 4.92 Å². The third kappa shape index (κ3) is 3.58. The molecule has 0 aliphatic carbocycles. The zero-order valence-electron chi connectivity index (χ0n) is 10.6. The first-order chi connectivity index (χ1) is 9.49. The van der Waals surface area contributed by atoms with Crippen LogP contribution in [0.15, 0.2) is 40.9 Å².